The lowest BCUT2D eigenvalue weighted by Crippen LogP contribution is -2.32. The molecule has 0 amide bonds. The number of hydrogen-bond donors (Lipinski definition) is 0. The van der Waals surface area contributed by atoms with Crippen LogP contribution in [0, 0.1) is 6.92 Å². The Hall–Kier alpha value is -2.09. The van der Waals surface area contributed by atoms with Crippen molar-refractivity contribution in [1.29, 1.82) is 0 Å². The van der Waals surface area contributed by atoms with E-state index in [1.807, 2.05) is 30.5 Å². The fourth-order valence-electron chi connectivity index (χ4n) is 2.68. The van der Waals surface area contributed by atoms with Crippen molar-refractivity contribution in [1.82, 2.24) is 4.31 Å². The lowest BCUT2D eigenvalue weighted by molar-refractivity contribution is 0.386. The van der Waals surface area contributed by atoms with E-state index in [0.29, 0.717) is 18.7 Å². The number of aryl methyl sites for hydroxylation is 1. The third-order valence-corrected chi connectivity index (χ3v) is 6.87. The zero-order chi connectivity index (χ0) is 18.6. The van der Waals surface area contributed by atoms with Crippen molar-refractivity contribution in [2.75, 3.05) is 13.7 Å². The minimum atomic E-state index is -3.72. The van der Waals surface area contributed by atoms with E-state index in [4.69, 9.17) is 9.15 Å². The zero-order valence-corrected chi connectivity index (χ0v) is 16.3. The summed E-state index contributed by atoms with van der Waals surface area (Å²) >= 11 is 1.62. The van der Waals surface area contributed by atoms with Crippen molar-refractivity contribution >= 4 is 21.4 Å². The Morgan fingerprint density at radius 3 is 2.73 bits per heavy atom. The van der Waals surface area contributed by atoms with E-state index < -0.39 is 10.0 Å². The molecule has 138 valence electrons. The number of methoxy groups -OCH3 is 1. The molecule has 1 aromatic carbocycles. The first-order valence-corrected chi connectivity index (χ1v) is 10.5. The number of ether oxygens (including phenoxy) is 1. The summed E-state index contributed by atoms with van der Waals surface area (Å²) in [7, 11) is -2.24. The third-order valence-electron chi connectivity index (χ3n) is 4.06. The molecule has 0 N–H and O–H groups in total. The largest absolute Gasteiger partial charge is 0.495 e. The first-order chi connectivity index (χ1) is 12.5. The van der Waals surface area contributed by atoms with Crippen molar-refractivity contribution < 1.29 is 17.6 Å². The van der Waals surface area contributed by atoms with Crippen molar-refractivity contribution in [3.63, 3.8) is 0 Å². The topological polar surface area (TPSA) is 59.8 Å². The highest BCUT2D eigenvalue weighted by molar-refractivity contribution is 7.89. The summed E-state index contributed by atoms with van der Waals surface area (Å²) in [6.07, 6.45) is 3.77. The average molecular weight is 392 g/mol. The molecule has 0 saturated carbocycles. The summed E-state index contributed by atoms with van der Waals surface area (Å²) in [5.41, 5.74) is 1.68. The molecule has 2 aromatic heterocycles. The monoisotopic (exact) mass is 391 g/mol. The van der Waals surface area contributed by atoms with Crippen LogP contribution in [0.25, 0.3) is 0 Å². The van der Waals surface area contributed by atoms with Crippen LogP contribution in [-0.4, -0.2) is 26.4 Å². The molecule has 5 nitrogen and oxygen atoms in total. The van der Waals surface area contributed by atoms with Gasteiger partial charge in [-0.3, -0.25) is 0 Å². The van der Waals surface area contributed by atoms with E-state index in [1.165, 1.54) is 11.4 Å². The van der Waals surface area contributed by atoms with Gasteiger partial charge in [-0.15, -0.1) is 11.3 Å². The van der Waals surface area contributed by atoms with E-state index >= 15 is 0 Å². The summed E-state index contributed by atoms with van der Waals surface area (Å²) in [4.78, 5) is 1.34. The Morgan fingerprint density at radius 2 is 2.08 bits per heavy atom. The van der Waals surface area contributed by atoms with Crippen LogP contribution in [0.5, 0.6) is 5.75 Å². The molecular weight excluding hydrogens is 370 g/mol. The number of nitrogens with zero attached hydrogens (tertiary/aromatic N) is 1. The average Bonchev–Trinajstić information content (AvgIpc) is 3.32. The van der Waals surface area contributed by atoms with Gasteiger partial charge in [0.1, 0.15) is 10.6 Å². The Kier molecular flexibility index (Phi) is 5.80. The summed E-state index contributed by atoms with van der Waals surface area (Å²) in [5, 5.41) is 1.99. The van der Waals surface area contributed by atoms with Crippen LogP contribution in [0.1, 0.15) is 16.0 Å². The van der Waals surface area contributed by atoms with Gasteiger partial charge in [0.15, 0.2) is 0 Å². The van der Waals surface area contributed by atoms with Crippen LogP contribution >= 0.6 is 11.3 Å². The van der Waals surface area contributed by atoms with Crippen molar-refractivity contribution in [2.45, 2.75) is 24.8 Å². The highest BCUT2D eigenvalue weighted by atomic mass is 32.2. The highest BCUT2D eigenvalue weighted by Gasteiger charge is 2.28. The summed E-state index contributed by atoms with van der Waals surface area (Å²) < 4.78 is 38.6. The predicted octanol–water partition coefficient (Wildman–Crippen LogP) is 4.09. The van der Waals surface area contributed by atoms with E-state index in [-0.39, 0.29) is 11.4 Å². The number of rotatable bonds is 8. The van der Waals surface area contributed by atoms with Gasteiger partial charge in [-0.2, -0.15) is 4.31 Å². The molecule has 0 aliphatic carbocycles. The van der Waals surface area contributed by atoms with Crippen LogP contribution in [0.15, 0.2) is 63.6 Å². The minimum absolute atomic E-state index is 0.190. The second-order valence-electron chi connectivity index (χ2n) is 5.95. The maximum atomic E-state index is 13.4. The Bertz CT molecular complexity index is 932. The van der Waals surface area contributed by atoms with Crippen LogP contribution in [0.2, 0.25) is 0 Å². The lowest BCUT2D eigenvalue weighted by atomic mass is 10.2. The van der Waals surface area contributed by atoms with Gasteiger partial charge in [0.2, 0.25) is 10.0 Å². The molecular formula is C19H21NO4S2. The van der Waals surface area contributed by atoms with E-state index in [0.717, 1.165) is 16.0 Å². The zero-order valence-electron chi connectivity index (χ0n) is 14.7. The van der Waals surface area contributed by atoms with Gasteiger partial charge < -0.3 is 9.15 Å². The Balaban J connectivity index is 1.94. The van der Waals surface area contributed by atoms with Crippen LogP contribution in [0.4, 0.5) is 0 Å². The second kappa shape index (κ2) is 8.07. The highest BCUT2D eigenvalue weighted by Crippen LogP contribution is 2.29. The van der Waals surface area contributed by atoms with Gasteiger partial charge in [-0.1, -0.05) is 12.1 Å². The molecule has 0 unspecified atom stereocenters. The van der Waals surface area contributed by atoms with Crippen LogP contribution in [0.3, 0.4) is 0 Å². The molecule has 0 aliphatic heterocycles. The molecule has 0 spiro atoms. The number of hydrogen-bond acceptors (Lipinski definition) is 5. The number of furan rings is 1. The van der Waals surface area contributed by atoms with Gasteiger partial charge in [-0.05, 0) is 48.6 Å². The first kappa shape index (κ1) is 18.7. The molecule has 0 bridgehead atoms. The SMILES string of the molecule is COc1ccc(C)cc1S(=O)(=O)N(CCc1cccs1)Cc1ccoc1. The molecule has 3 aromatic rings. The van der Waals surface area contributed by atoms with Crippen LogP contribution in [-0.2, 0) is 23.0 Å². The van der Waals surface area contributed by atoms with Gasteiger partial charge >= 0.3 is 0 Å². The van der Waals surface area contributed by atoms with E-state index in [1.54, 1.807) is 42.1 Å². The fourth-order valence-corrected chi connectivity index (χ4v) is 5.05. The predicted molar refractivity (Wildman–Crippen MR) is 102 cm³/mol. The number of benzene rings is 1. The summed E-state index contributed by atoms with van der Waals surface area (Å²) in [5.74, 6) is 0.351. The van der Waals surface area contributed by atoms with E-state index in [2.05, 4.69) is 0 Å². The fraction of sp³-hybridized carbons (Fsp3) is 0.263. The molecule has 3 rings (SSSR count). The van der Waals surface area contributed by atoms with Crippen molar-refractivity contribution in [3.05, 3.63) is 70.3 Å². The molecule has 7 heteroatoms. The molecule has 0 radical (unpaired) electrons. The number of sulfonamides is 1. The van der Waals surface area contributed by atoms with Gasteiger partial charge in [0.05, 0.1) is 19.6 Å². The first-order valence-electron chi connectivity index (χ1n) is 8.19. The lowest BCUT2D eigenvalue weighted by Gasteiger charge is -2.23. The quantitative estimate of drug-likeness (QED) is 0.580. The molecule has 2 heterocycles. The smallest absolute Gasteiger partial charge is 0.247 e. The molecule has 26 heavy (non-hydrogen) atoms. The Morgan fingerprint density at radius 1 is 1.23 bits per heavy atom. The normalized spacial score (nSPS) is 11.8. The molecule has 0 fully saturated rings. The second-order valence-corrected chi connectivity index (χ2v) is 8.89. The van der Waals surface area contributed by atoms with Gasteiger partial charge in [0, 0.05) is 23.5 Å². The molecule has 0 saturated heterocycles. The maximum absolute atomic E-state index is 13.4. The van der Waals surface area contributed by atoms with Crippen molar-refractivity contribution in [3.8, 4) is 5.75 Å². The minimum Gasteiger partial charge on any atom is -0.495 e. The van der Waals surface area contributed by atoms with E-state index in [9.17, 15) is 8.42 Å². The molecule has 0 atom stereocenters. The number of thiophene rings is 1. The summed E-state index contributed by atoms with van der Waals surface area (Å²) in [6, 6.07) is 10.9. The standard InChI is InChI=1S/C19H21NO4S2/c1-15-5-6-18(23-2)19(12-15)26(21,22)20(13-16-8-10-24-14-16)9-7-17-4-3-11-25-17/h3-6,8,10-12,14H,7,9,13H2,1-2H3. The van der Waals surface area contributed by atoms with Crippen LogP contribution < -0.4 is 4.74 Å². The molecule has 0 aliphatic rings. The summed E-state index contributed by atoms with van der Waals surface area (Å²) in [6.45, 7) is 2.50. The van der Waals surface area contributed by atoms with Crippen molar-refractivity contribution in [2.24, 2.45) is 0 Å². The van der Waals surface area contributed by atoms with Gasteiger partial charge in [0.25, 0.3) is 0 Å². The maximum Gasteiger partial charge on any atom is 0.247 e. The third kappa shape index (κ3) is 4.17. The van der Waals surface area contributed by atoms with Gasteiger partial charge in [-0.25, -0.2) is 8.42 Å². The Labute approximate surface area is 157 Å².